The van der Waals surface area contributed by atoms with Crippen LogP contribution >= 0.6 is 28.1 Å². The third-order valence-electron chi connectivity index (χ3n) is 3.02. The molecule has 116 valence electrons. The molecule has 0 bridgehead atoms. The van der Waals surface area contributed by atoms with Crippen molar-refractivity contribution in [3.05, 3.63) is 21.3 Å². The lowest BCUT2D eigenvalue weighted by Gasteiger charge is -2.21. The first-order valence-electron chi connectivity index (χ1n) is 6.69. The maximum atomic E-state index is 5.88. The highest BCUT2D eigenvalue weighted by atomic mass is 79.9. The van der Waals surface area contributed by atoms with Crippen molar-refractivity contribution in [2.75, 3.05) is 44.9 Å². The van der Waals surface area contributed by atoms with Crippen molar-refractivity contribution >= 4 is 45.2 Å². The smallest absolute Gasteiger partial charge is 0.197 e. The van der Waals surface area contributed by atoms with Gasteiger partial charge in [-0.25, -0.2) is 0 Å². The fraction of sp³-hybridized carbons (Fsp3) is 0.500. The first kappa shape index (κ1) is 16.5. The number of fused-ring (bicyclic) bond motifs is 1. The second kappa shape index (κ2) is 7.93. The highest BCUT2D eigenvalue weighted by Crippen LogP contribution is 2.31. The lowest BCUT2D eigenvalue weighted by molar-refractivity contribution is 0.0739. The summed E-state index contributed by atoms with van der Waals surface area (Å²) in [5.74, 6) is 0.715. The van der Waals surface area contributed by atoms with Crippen molar-refractivity contribution in [3.63, 3.8) is 0 Å². The molecule has 0 aliphatic rings. The van der Waals surface area contributed by atoms with E-state index in [1.54, 1.807) is 13.4 Å². The Balaban J connectivity index is 2.10. The molecule has 0 atom stereocenters. The molecule has 2 aromatic rings. The van der Waals surface area contributed by atoms with Crippen LogP contribution in [0.5, 0.6) is 0 Å². The van der Waals surface area contributed by atoms with Gasteiger partial charge in [0.2, 0.25) is 0 Å². The Hall–Kier alpha value is -0.890. The molecule has 0 aromatic carbocycles. The summed E-state index contributed by atoms with van der Waals surface area (Å²) in [5.41, 5.74) is 1.23. The van der Waals surface area contributed by atoms with E-state index in [-0.39, 0.29) is 0 Å². The third-order valence-corrected chi connectivity index (χ3v) is 3.87. The molecule has 2 rings (SSSR count). The molecule has 2 heterocycles. The minimum Gasteiger partial charge on any atom is -0.458 e. The van der Waals surface area contributed by atoms with E-state index in [0.717, 1.165) is 17.6 Å². The molecule has 21 heavy (non-hydrogen) atoms. The van der Waals surface area contributed by atoms with Crippen LogP contribution in [0.25, 0.3) is 11.2 Å². The van der Waals surface area contributed by atoms with E-state index in [0.29, 0.717) is 41.4 Å². The van der Waals surface area contributed by atoms with E-state index in [4.69, 9.17) is 30.5 Å². The predicted molar refractivity (Wildman–Crippen MR) is 87.6 cm³/mol. The van der Waals surface area contributed by atoms with E-state index in [9.17, 15) is 0 Å². The number of furan rings is 1. The van der Waals surface area contributed by atoms with Crippen LogP contribution in [0.3, 0.4) is 0 Å². The molecule has 0 saturated heterocycles. The Morgan fingerprint density at radius 3 is 2.81 bits per heavy atom. The third kappa shape index (κ3) is 4.06. The van der Waals surface area contributed by atoms with Gasteiger partial charge in [0, 0.05) is 26.3 Å². The van der Waals surface area contributed by atoms with Gasteiger partial charge >= 0.3 is 0 Å². The molecule has 7 heteroatoms. The van der Waals surface area contributed by atoms with Crippen molar-refractivity contribution in [1.29, 1.82) is 0 Å². The number of halogens is 1. The molecule has 0 spiro atoms. The number of ether oxygens (including phenoxy) is 2. The van der Waals surface area contributed by atoms with Crippen LogP contribution in [0.15, 0.2) is 25.6 Å². The molecular formula is C14H18BrNO4S. The summed E-state index contributed by atoms with van der Waals surface area (Å²) in [6.07, 6.45) is 1.58. The topological polar surface area (TPSA) is 48.0 Å². The number of methoxy groups -OCH3 is 1. The Morgan fingerprint density at radius 1 is 1.29 bits per heavy atom. The molecule has 0 unspecified atom stereocenters. The van der Waals surface area contributed by atoms with Crippen molar-refractivity contribution in [2.24, 2.45) is 0 Å². The molecule has 0 N–H and O–H groups in total. The van der Waals surface area contributed by atoms with E-state index < -0.39 is 0 Å². The van der Waals surface area contributed by atoms with E-state index in [2.05, 4.69) is 27.8 Å². The van der Waals surface area contributed by atoms with Gasteiger partial charge in [-0.3, -0.25) is 0 Å². The van der Waals surface area contributed by atoms with Gasteiger partial charge < -0.3 is 23.2 Å². The molecule has 0 fully saturated rings. The van der Waals surface area contributed by atoms with Crippen LogP contribution in [0.2, 0.25) is 0 Å². The zero-order valence-corrected chi connectivity index (χ0v) is 14.5. The van der Waals surface area contributed by atoms with Crippen LogP contribution in [0.1, 0.15) is 6.92 Å². The summed E-state index contributed by atoms with van der Waals surface area (Å²) in [6, 6.07) is 1.81. The van der Waals surface area contributed by atoms with Crippen molar-refractivity contribution < 1.29 is 18.3 Å². The summed E-state index contributed by atoms with van der Waals surface area (Å²) in [4.78, 5) is 2.07. The second-order valence-corrected chi connectivity index (χ2v) is 5.67. The highest BCUT2D eigenvalue weighted by molar-refractivity contribution is 9.10. The van der Waals surface area contributed by atoms with Crippen molar-refractivity contribution in [3.8, 4) is 0 Å². The number of likely N-dealkylation sites (N-methyl/N-ethyl adjacent to an activating group) is 1. The second-order valence-electron chi connectivity index (χ2n) is 4.38. The van der Waals surface area contributed by atoms with Gasteiger partial charge in [0.25, 0.3) is 0 Å². The molecule has 0 aliphatic carbocycles. The molecule has 0 radical (unpaired) electrons. The van der Waals surface area contributed by atoms with Crippen LogP contribution in [0, 0.1) is 4.51 Å². The molecule has 0 aliphatic heterocycles. The van der Waals surface area contributed by atoms with Gasteiger partial charge in [0.05, 0.1) is 28.8 Å². The summed E-state index contributed by atoms with van der Waals surface area (Å²) >= 11 is 8.74. The van der Waals surface area contributed by atoms with Crippen LogP contribution < -0.4 is 4.90 Å². The van der Waals surface area contributed by atoms with Gasteiger partial charge in [-0.1, -0.05) is 12.2 Å². The molecule has 2 aromatic heterocycles. The fourth-order valence-corrected chi connectivity index (χ4v) is 2.50. The summed E-state index contributed by atoms with van der Waals surface area (Å²) < 4.78 is 23.1. The SMILES string of the molecule is CCN(CCOCCOC)c1cc(=S)c2occ(Br)c2o1. The number of anilines is 1. The normalized spacial score (nSPS) is 11.2. The standard InChI is InChI=1S/C14H18BrNO4S/c1-3-16(4-5-18-7-6-17-2)12-8-11(21)14-13(20-12)10(15)9-19-14/h8-9H,3-7H2,1-2H3. The Kier molecular flexibility index (Phi) is 6.22. The average molecular weight is 376 g/mol. The van der Waals surface area contributed by atoms with Crippen molar-refractivity contribution in [1.82, 2.24) is 0 Å². The van der Waals surface area contributed by atoms with E-state index >= 15 is 0 Å². The Bertz CT molecular complexity index is 639. The zero-order chi connectivity index (χ0) is 15.2. The van der Waals surface area contributed by atoms with Crippen LogP contribution in [-0.2, 0) is 9.47 Å². The summed E-state index contributed by atoms with van der Waals surface area (Å²) in [7, 11) is 1.66. The summed E-state index contributed by atoms with van der Waals surface area (Å²) in [6.45, 7) is 5.36. The number of nitrogens with zero attached hydrogens (tertiary/aromatic N) is 1. The van der Waals surface area contributed by atoms with E-state index in [1.807, 2.05) is 6.07 Å². The van der Waals surface area contributed by atoms with Crippen LogP contribution in [-0.4, -0.2) is 40.0 Å². The molecule has 0 amide bonds. The Morgan fingerprint density at radius 2 is 2.10 bits per heavy atom. The monoisotopic (exact) mass is 375 g/mol. The maximum Gasteiger partial charge on any atom is 0.197 e. The van der Waals surface area contributed by atoms with Gasteiger partial charge in [-0.2, -0.15) is 0 Å². The molecular weight excluding hydrogens is 358 g/mol. The number of hydrogen-bond acceptors (Lipinski definition) is 6. The highest BCUT2D eigenvalue weighted by Gasteiger charge is 2.13. The first-order chi connectivity index (χ1) is 10.2. The van der Waals surface area contributed by atoms with Crippen molar-refractivity contribution in [2.45, 2.75) is 6.92 Å². The largest absolute Gasteiger partial charge is 0.458 e. The average Bonchev–Trinajstić information content (AvgIpc) is 2.85. The quantitative estimate of drug-likeness (QED) is 0.513. The van der Waals surface area contributed by atoms with Gasteiger partial charge in [0.1, 0.15) is 6.26 Å². The maximum absolute atomic E-state index is 5.88. The predicted octanol–water partition coefficient (Wildman–Crippen LogP) is 4.01. The van der Waals surface area contributed by atoms with Gasteiger partial charge in [-0.15, -0.1) is 0 Å². The number of hydrogen-bond donors (Lipinski definition) is 0. The zero-order valence-electron chi connectivity index (χ0n) is 12.1. The number of rotatable bonds is 8. The fourth-order valence-electron chi connectivity index (χ4n) is 1.90. The minimum absolute atomic E-state index is 0.587. The van der Waals surface area contributed by atoms with Crippen LogP contribution in [0.4, 0.5) is 5.88 Å². The lowest BCUT2D eigenvalue weighted by Crippen LogP contribution is -2.27. The molecule has 5 nitrogen and oxygen atoms in total. The van der Waals surface area contributed by atoms with Gasteiger partial charge in [0.15, 0.2) is 17.1 Å². The summed E-state index contributed by atoms with van der Waals surface area (Å²) in [5, 5.41) is 0. The molecule has 0 saturated carbocycles. The van der Waals surface area contributed by atoms with E-state index in [1.165, 1.54) is 0 Å². The lowest BCUT2D eigenvalue weighted by atomic mass is 10.4. The minimum atomic E-state index is 0.587. The Labute approximate surface area is 136 Å². The van der Waals surface area contributed by atoms with Gasteiger partial charge in [-0.05, 0) is 22.9 Å². The first-order valence-corrected chi connectivity index (χ1v) is 7.90.